The van der Waals surface area contributed by atoms with Crippen LogP contribution >= 0.6 is 0 Å². The maximum absolute atomic E-state index is 11.4. The third kappa shape index (κ3) is 3.77. The summed E-state index contributed by atoms with van der Waals surface area (Å²) in [6.45, 7) is 2.48. The zero-order chi connectivity index (χ0) is 15.1. The molecule has 9 heteroatoms. The lowest BCUT2D eigenvalue weighted by Gasteiger charge is -2.17. The molecule has 0 saturated heterocycles. The first-order valence-electron chi connectivity index (χ1n) is 6.16. The maximum atomic E-state index is 11.4. The average Bonchev–Trinajstić information content (AvgIpc) is 2.44. The van der Waals surface area contributed by atoms with E-state index in [1.54, 1.807) is 7.05 Å². The molecular weight excluding hydrogens is 264 g/mol. The van der Waals surface area contributed by atoms with Crippen molar-refractivity contribution < 1.29 is 9.72 Å². The quantitative estimate of drug-likeness (QED) is 0.549. The first-order chi connectivity index (χ1) is 9.51. The van der Waals surface area contributed by atoms with Crippen LogP contribution in [0.25, 0.3) is 0 Å². The molecule has 0 spiro atoms. The Balaban J connectivity index is 3.11. The number of amides is 1. The Hall–Kier alpha value is -2.45. The van der Waals surface area contributed by atoms with Gasteiger partial charge in [-0.15, -0.1) is 0 Å². The number of anilines is 2. The molecule has 0 aliphatic carbocycles. The number of aromatic nitrogens is 2. The van der Waals surface area contributed by atoms with Gasteiger partial charge in [-0.3, -0.25) is 14.9 Å². The molecule has 0 aliphatic heterocycles. The maximum Gasteiger partial charge on any atom is 0.353 e. The summed E-state index contributed by atoms with van der Waals surface area (Å²) in [7, 11) is 3.06. The van der Waals surface area contributed by atoms with Crippen LogP contribution in [0.5, 0.6) is 0 Å². The van der Waals surface area contributed by atoms with E-state index in [0.29, 0.717) is 6.54 Å². The fourth-order valence-corrected chi connectivity index (χ4v) is 1.56. The van der Waals surface area contributed by atoms with Crippen molar-refractivity contribution >= 4 is 23.2 Å². The van der Waals surface area contributed by atoms with E-state index in [4.69, 9.17) is 0 Å². The summed E-state index contributed by atoms with van der Waals surface area (Å²) in [5.74, 6) is 0.00119. The monoisotopic (exact) mass is 282 g/mol. The highest BCUT2D eigenvalue weighted by Crippen LogP contribution is 2.30. The minimum atomic E-state index is -0.548. The summed E-state index contributed by atoms with van der Waals surface area (Å²) in [5, 5.41) is 16.6. The number of hydrogen-bond donors (Lipinski definition) is 2. The molecule has 1 amide bonds. The second-order valence-electron chi connectivity index (χ2n) is 4.11. The van der Waals surface area contributed by atoms with E-state index in [0.717, 1.165) is 6.42 Å². The van der Waals surface area contributed by atoms with Crippen LogP contribution in [0.1, 0.15) is 13.3 Å². The van der Waals surface area contributed by atoms with Gasteiger partial charge in [0.05, 0.1) is 11.5 Å². The first-order valence-corrected chi connectivity index (χ1v) is 6.16. The number of nitro groups is 1. The van der Waals surface area contributed by atoms with Gasteiger partial charge >= 0.3 is 5.69 Å². The van der Waals surface area contributed by atoms with Gasteiger partial charge in [0.2, 0.25) is 17.5 Å². The van der Waals surface area contributed by atoms with Crippen LogP contribution in [0.2, 0.25) is 0 Å². The Morgan fingerprint density at radius 2 is 2.20 bits per heavy atom. The lowest BCUT2D eigenvalue weighted by atomic mass is 10.3. The Morgan fingerprint density at radius 3 is 2.75 bits per heavy atom. The topological polar surface area (TPSA) is 113 Å². The zero-order valence-electron chi connectivity index (χ0n) is 11.7. The number of hydrogen-bond acceptors (Lipinski definition) is 7. The summed E-state index contributed by atoms with van der Waals surface area (Å²) >= 11 is 0. The van der Waals surface area contributed by atoms with E-state index in [-0.39, 0.29) is 29.8 Å². The van der Waals surface area contributed by atoms with Gasteiger partial charge in [-0.05, 0) is 6.42 Å². The molecule has 2 N–H and O–H groups in total. The van der Waals surface area contributed by atoms with E-state index >= 15 is 0 Å². The standard InChI is InChI=1S/C11H18N6O3/c1-4-5-13-10-9(17(19)20)11(15-7-14-10)16(3)6-8(18)12-2/h7H,4-6H2,1-3H3,(H,12,18)(H,13,14,15). The summed E-state index contributed by atoms with van der Waals surface area (Å²) in [6, 6.07) is 0. The highest BCUT2D eigenvalue weighted by molar-refractivity contribution is 5.82. The van der Waals surface area contributed by atoms with Crippen LogP contribution in [0.3, 0.4) is 0 Å². The molecule has 0 atom stereocenters. The molecular formula is C11H18N6O3. The Kier molecular flexibility index (Phi) is 5.63. The summed E-state index contributed by atoms with van der Waals surface area (Å²) in [6.07, 6.45) is 2.05. The average molecular weight is 282 g/mol. The Morgan fingerprint density at radius 1 is 1.50 bits per heavy atom. The largest absolute Gasteiger partial charge is 0.364 e. The van der Waals surface area contributed by atoms with Crippen molar-refractivity contribution in [2.24, 2.45) is 0 Å². The Bertz CT molecular complexity index is 493. The molecule has 0 aliphatic rings. The van der Waals surface area contributed by atoms with E-state index in [2.05, 4.69) is 20.6 Å². The fourth-order valence-electron chi connectivity index (χ4n) is 1.56. The van der Waals surface area contributed by atoms with Crippen molar-refractivity contribution in [1.82, 2.24) is 15.3 Å². The third-order valence-electron chi connectivity index (χ3n) is 2.55. The molecule has 0 unspecified atom stereocenters. The number of carbonyl (C=O) groups excluding carboxylic acids is 1. The molecule has 0 bridgehead atoms. The van der Waals surface area contributed by atoms with Crippen molar-refractivity contribution in [3.8, 4) is 0 Å². The summed E-state index contributed by atoms with van der Waals surface area (Å²) < 4.78 is 0. The number of rotatable bonds is 7. The minimum absolute atomic E-state index is 0.0262. The SMILES string of the molecule is CCCNc1ncnc(N(C)CC(=O)NC)c1[N+](=O)[O-]. The summed E-state index contributed by atoms with van der Waals surface area (Å²) in [4.78, 5) is 31.2. The lowest BCUT2D eigenvalue weighted by Crippen LogP contribution is -2.33. The molecule has 20 heavy (non-hydrogen) atoms. The molecule has 1 rings (SSSR count). The van der Waals surface area contributed by atoms with Crippen molar-refractivity contribution in [2.75, 3.05) is 37.4 Å². The number of carbonyl (C=O) groups is 1. The first kappa shape index (κ1) is 15.6. The zero-order valence-corrected chi connectivity index (χ0v) is 11.7. The van der Waals surface area contributed by atoms with E-state index in [9.17, 15) is 14.9 Å². The van der Waals surface area contributed by atoms with Crippen LogP contribution < -0.4 is 15.5 Å². The summed E-state index contributed by atoms with van der Waals surface area (Å²) in [5.41, 5.74) is -0.229. The molecule has 0 radical (unpaired) electrons. The highest BCUT2D eigenvalue weighted by atomic mass is 16.6. The number of nitrogens with one attached hydrogen (secondary N) is 2. The van der Waals surface area contributed by atoms with Crippen molar-refractivity contribution in [3.63, 3.8) is 0 Å². The smallest absolute Gasteiger partial charge is 0.353 e. The lowest BCUT2D eigenvalue weighted by molar-refractivity contribution is -0.383. The molecule has 9 nitrogen and oxygen atoms in total. The number of nitrogens with zero attached hydrogens (tertiary/aromatic N) is 4. The van der Waals surface area contributed by atoms with Gasteiger partial charge in [0.1, 0.15) is 6.33 Å². The van der Waals surface area contributed by atoms with E-state index in [1.807, 2.05) is 6.92 Å². The fraction of sp³-hybridized carbons (Fsp3) is 0.545. The number of likely N-dealkylation sites (N-methyl/N-ethyl adjacent to an activating group) is 2. The van der Waals surface area contributed by atoms with Crippen LogP contribution in [0.4, 0.5) is 17.3 Å². The van der Waals surface area contributed by atoms with Crippen molar-refractivity contribution in [3.05, 3.63) is 16.4 Å². The highest BCUT2D eigenvalue weighted by Gasteiger charge is 2.25. The molecule has 1 aromatic rings. The van der Waals surface area contributed by atoms with Gasteiger partial charge in [-0.1, -0.05) is 6.92 Å². The Labute approximate surface area is 116 Å². The van der Waals surface area contributed by atoms with Gasteiger partial charge in [0.25, 0.3) is 0 Å². The van der Waals surface area contributed by atoms with Gasteiger partial charge in [0.15, 0.2) is 0 Å². The van der Waals surface area contributed by atoms with Gasteiger partial charge in [-0.25, -0.2) is 9.97 Å². The van der Waals surface area contributed by atoms with Crippen LogP contribution in [0, 0.1) is 10.1 Å². The molecule has 1 aromatic heterocycles. The second kappa shape index (κ2) is 7.22. The normalized spacial score (nSPS) is 9.95. The molecule has 110 valence electrons. The molecule has 0 fully saturated rings. The van der Waals surface area contributed by atoms with Crippen LogP contribution in [0.15, 0.2) is 6.33 Å². The van der Waals surface area contributed by atoms with E-state index < -0.39 is 4.92 Å². The van der Waals surface area contributed by atoms with Gasteiger partial charge in [0, 0.05) is 20.6 Å². The van der Waals surface area contributed by atoms with Gasteiger partial charge in [-0.2, -0.15) is 0 Å². The van der Waals surface area contributed by atoms with Gasteiger partial charge < -0.3 is 15.5 Å². The van der Waals surface area contributed by atoms with Crippen LogP contribution in [-0.2, 0) is 4.79 Å². The molecule has 0 aromatic carbocycles. The second-order valence-corrected chi connectivity index (χ2v) is 4.11. The van der Waals surface area contributed by atoms with E-state index in [1.165, 1.54) is 18.3 Å². The predicted molar refractivity (Wildman–Crippen MR) is 74.8 cm³/mol. The predicted octanol–water partition coefficient (Wildman–Crippen LogP) is 0.389. The van der Waals surface area contributed by atoms with Crippen molar-refractivity contribution in [1.29, 1.82) is 0 Å². The van der Waals surface area contributed by atoms with Crippen molar-refractivity contribution in [2.45, 2.75) is 13.3 Å². The third-order valence-corrected chi connectivity index (χ3v) is 2.55. The minimum Gasteiger partial charge on any atom is -0.364 e. The van der Waals surface area contributed by atoms with Crippen LogP contribution in [-0.4, -0.2) is 48.0 Å². The molecule has 1 heterocycles. The molecule has 0 saturated carbocycles.